The molecule has 4 aromatic heterocycles. The summed E-state index contributed by atoms with van der Waals surface area (Å²) in [7, 11) is -10.1. The van der Waals surface area contributed by atoms with E-state index in [9.17, 15) is 33.6 Å². The zero-order chi connectivity index (χ0) is 32.7. The van der Waals surface area contributed by atoms with Gasteiger partial charge in [-0.1, -0.05) is 0 Å². The van der Waals surface area contributed by atoms with Crippen molar-refractivity contribution in [3.63, 3.8) is 0 Å². The van der Waals surface area contributed by atoms with E-state index in [1.807, 2.05) is 0 Å². The van der Waals surface area contributed by atoms with E-state index < -0.39 is 89.0 Å². The monoisotopic (exact) mass is 689 g/mol. The third-order valence-electron chi connectivity index (χ3n) is 7.46. The second-order valence-electron chi connectivity index (χ2n) is 10.4. The highest BCUT2D eigenvalue weighted by atomic mass is 31.2. The van der Waals surface area contributed by atoms with E-state index in [2.05, 4.69) is 29.9 Å². The molecule has 4 aromatic rings. The van der Waals surface area contributed by atoms with Crippen molar-refractivity contribution in [2.24, 2.45) is 5.73 Å². The van der Waals surface area contributed by atoms with Gasteiger partial charge in [0.1, 0.15) is 30.5 Å². The minimum Gasteiger partial charge on any atom is -0.386 e. The summed E-state index contributed by atoms with van der Waals surface area (Å²) in [4.78, 5) is 66.2. The first-order valence-corrected chi connectivity index (χ1v) is 16.2. The van der Waals surface area contributed by atoms with Crippen molar-refractivity contribution in [1.29, 1.82) is 0 Å². The number of nitrogens with zero attached hydrogens (tertiary/aromatic N) is 6. The summed E-state index contributed by atoms with van der Waals surface area (Å²) < 4.78 is 61.2. The molecule has 248 valence electrons. The lowest BCUT2D eigenvalue weighted by Gasteiger charge is -2.28. The van der Waals surface area contributed by atoms with Crippen LogP contribution in [0.3, 0.4) is 0 Å². The van der Waals surface area contributed by atoms with Crippen molar-refractivity contribution < 1.29 is 51.6 Å². The van der Waals surface area contributed by atoms with Crippen LogP contribution in [0.4, 0.5) is 11.9 Å². The fourth-order valence-electron chi connectivity index (χ4n) is 5.46. The summed E-state index contributed by atoms with van der Waals surface area (Å²) in [6.07, 6.45) is -8.33. The van der Waals surface area contributed by atoms with Gasteiger partial charge in [0, 0.05) is 0 Å². The number of H-pyrrole nitrogens is 2. The van der Waals surface area contributed by atoms with Gasteiger partial charge in [-0.25, -0.2) is 19.1 Å². The van der Waals surface area contributed by atoms with Crippen LogP contribution >= 0.6 is 15.6 Å². The molecule has 3 fully saturated rings. The molecule has 3 aliphatic heterocycles. The number of aromatic nitrogens is 8. The molecule has 0 aliphatic carbocycles. The second-order valence-corrected chi connectivity index (χ2v) is 13.2. The molecule has 0 aromatic carbocycles. The second kappa shape index (κ2) is 11.0. The number of fused-ring (bicyclic) bond motifs is 4. The van der Waals surface area contributed by atoms with Crippen LogP contribution in [-0.2, 0) is 36.7 Å². The summed E-state index contributed by atoms with van der Waals surface area (Å²) >= 11 is 0. The molecule has 7 heterocycles. The highest BCUT2D eigenvalue weighted by Gasteiger charge is 2.53. The van der Waals surface area contributed by atoms with Crippen molar-refractivity contribution >= 4 is 49.9 Å². The van der Waals surface area contributed by atoms with Gasteiger partial charge in [0.2, 0.25) is 11.9 Å². The molecule has 46 heavy (non-hydrogen) atoms. The number of hydrogen-bond donors (Lipinski definition) is 8. The van der Waals surface area contributed by atoms with E-state index >= 15 is 0 Å². The summed E-state index contributed by atoms with van der Waals surface area (Å²) in [6.45, 7) is -1.62. The van der Waals surface area contributed by atoms with Gasteiger partial charge in [0.25, 0.3) is 11.1 Å². The van der Waals surface area contributed by atoms with E-state index in [1.165, 1.54) is 10.9 Å². The number of aliphatic hydroxyl groups is 1. The number of nitrogens with two attached hydrogens (primary N) is 3. The van der Waals surface area contributed by atoms with Gasteiger partial charge < -0.3 is 41.6 Å². The lowest BCUT2D eigenvalue weighted by atomic mass is 10.1. The van der Waals surface area contributed by atoms with Crippen LogP contribution in [0.5, 0.6) is 0 Å². The van der Waals surface area contributed by atoms with Crippen molar-refractivity contribution in [1.82, 2.24) is 39.0 Å². The molecule has 4 unspecified atom stereocenters. The number of phosphoric ester groups is 2. The van der Waals surface area contributed by atoms with Crippen LogP contribution in [0.1, 0.15) is 12.5 Å². The van der Waals surface area contributed by atoms with E-state index in [0.717, 1.165) is 10.9 Å². The Morgan fingerprint density at radius 3 is 1.80 bits per heavy atom. The van der Waals surface area contributed by atoms with Crippen molar-refractivity contribution in [3.05, 3.63) is 33.4 Å². The van der Waals surface area contributed by atoms with Gasteiger partial charge in [-0.3, -0.25) is 46.8 Å². The summed E-state index contributed by atoms with van der Waals surface area (Å²) in [5, 5.41) is 11.1. The van der Waals surface area contributed by atoms with Crippen LogP contribution in [0.25, 0.3) is 22.3 Å². The molecule has 0 spiro atoms. The molecular formula is C20H25N11O13P2. The Hall–Kier alpha value is -3.64. The topological polar surface area (TPSA) is 355 Å². The smallest absolute Gasteiger partial charge is 0.386 e. The van der Waals surface area contributed by atoms with Gasteiger partial charge in [-0.2, -0.15) is 9.97 Å². The largest absolute Gasteiger partial charge is 0.472 e. The number of nitrogens with one attached hydrogen (secondary N) is 2. The number of rotatable bonds is 2. The molecule has 7 rings (SSSR count). The van der Waals surface area contributed by atoms with Crippen LogP contribution < -0.4 is 28.3 Å². The highest BCUT2D eigenvalue weighted by Crippen LogP contribution is 2.53. The number of aromatic amines is 2. The summed E-state index contributed by atoms with van der Waals surface area (Å²) in [5.41, 5.74) is 15.9. The maximum Gasteiger partial charge on any atom is 0.472 e. The molecule has 3 aliphatic rings. The Labute approximate surface area is 253 Å². The number of nitrogen functional groups attached to an aromatic ring is 2. The first-order valence-electron chi connectivity index (χ1n) is 13.2. The average Bonchev–Trinajstić information content (AvgIpc) is 3.72. The van der Waals surface area contributed by atoms with Gasteiger partial charge in [-0.05, 0) is 0 Å². The molecule has 10 atom stereocenters. The third kappa shape index (κ3) is 5.33. The SMILES string of the molecule is Nc1nc2c(ncn2[C@@H]2O[C@@H]3COP(=O)(O)OC4[C@@H](COP(=O)(O)OC3[C@@H]2N)O[C@@H](n2cnc3c(=O)[nH]c(N)nc32)[C@H]4O)c(=O)[nH]1. The van der Waals surface area contributed by atoms with Crippen molar-refractivity contribution in [2.45, 2.75) is 49.0 Å². The summed E-state index contributed by atoms with van der Waals surface area (Å²) in [5.74, 6) is -0.510. The molecule has 11 N–H and O–H groups in total. The predicted molar refractivity (Wildman–Crippen MR) is 148 cm³/mol. The number of imidazole rings is 2. The third-order valence-corrected chi connectivity index (χ3v) is 9.43. The quantitative estimate of drug-likeness (QED) is 0.0967. The summed E-state index contributed by atoms with van der Waals surface area (Å²) in [6, 6.07) is -1.29. The molecule has 24 nitrogen and oxygen atoms in total. The number of phosphoric acid groups is 2. The molecule has 3 saturated heterocycles. The molecule has 0 amide bonds. The van der Waals surface area contributed by atoms with E-state index in [0.29, 0.717) is 0 Å². The van der Waals surface area contributed by atoms with E-state index in [1.54, 1.807) is 0 Å². The lowest BCUT2D eigenvalue weighted by molar-refractivity contribution is -0.0662. The Morgan fingerprint density at radius 2 is 1.26 bits per heavy atom. The van der Waals surface area contributed by atoms with Crippen LogP contribution in [0.15, 0.2) is 22.2 Å². The zero-order valence-electron chi connectivity index (χ0n) is 22.9. The predicted octanol–water partition coefficient (Wildman–Crippen LogP) is -3.08. The maximum absolute atomic E-state index is 13.1. The maximum atomic E-state index is 13.1. The molecular weight excluding hydrogens is 664 g/mol. The van der Waals surface area contributed by atoms with E-state index in [-0.39, 0.29) is 34.2 Å². The lowest BCUT2D eigenvalue weighted by Crippen LogP contribution is -2.42. The molecule has 0 saturated carbocycles. The normalized spacial score (nSPS) is 37.1. The molecule has 26 heteroatoms. The number of anilines is 2. The highest BCUT2D eigenvalue weighted by molar-refractivity contribution is 7.47. The minimum absolute atomic E-state index is 0.0405. The Kier molecular flexibility index (Phi) is 7.39. The van der Waals surface area contributed by atoms with Gasteiger partial charge in [0.05, 0.1) is 31.9 Å². The van der Waals surface area contributed by atoms with Crippen molar-refractivity contribution in [2.75, 3.05) is 24.7 Å². The first-order chi connectivity index (χ1) is 21.7. The Balaban J connectivity index is 1.18. The van der Waals surface area contributed by atoms with Crippen LogP contribution in [0, 0.1) is 0 Å². The number of aliphatic hydroxyl groups excluding tert-OH is 1. The minimum atomic E-state index is -5.06. The standard InChI is InChI=1S/C20H25N11O13P2/c21-7-11-5(41-17(7)30-3-24-8-13(30)26-19(22)28-15(8)33)1-39-46(37,38)44-12-6(2-40-45(35,36)43-11)42-18(10(12)32)31-4-25-9-14(31)27-20(23)29-16(9)34/h3-7,10-12,17-18,32H,1-2,21H2,(H,35,36)(H,37,38)(H3,22,26,28,33)(H3,23,27,29,34)/t5-,6-,7+,10+,11?,12?,17-,18-/m1/s1. The number of ether oxygens (including phenoxy) is 2. The fourth-order valence-corrected chi connectivity index (χ4v) is 7.40. The van der Waals surface area contributed by atoms with E-state index in [4.69, 9.17) is 44.8 Å². The fraction of sp³-hybridized carbons (Fsp3) is 0.500. The number of hydrogen-bond acceptors (Lipinski definition) is 18. The van der Waals surface area contributed by atoms with Gasteiger partial charge in [-0.15, -0.1) is 0 Å². The average molecular weight is 689 g/mol. The Morgan fingerprint density at radius 1 is 0.804 bits per heavy atom. The van der Waals surface area contributed by atoms with Gasteiger partial charge in [0.15, 0.2) is 34.8 Å². The van der Waals surface area contributed by atoms with Gasteiger partial charge >= 0.3 is 15.6 Å². The molecule has 0 radical (unpaired) electrons. The van der Waals surface area contributed by atoms with Crippen LogP contribution in [-0.4, -0.2) is 104 Å². The Bertz CT molecular complexity index is 1900. The zero-order valence-corrected chi connectivity index (χ0v) is 24.7. The molecule has 0 bridgehead atoms. The van der Waals surface area contributed by atoms with Crippen molar-refractivity contribution in [3.8, 4) is 0 Å². The van der Waals surface area contributed by atoms with Crippen LogP contribution in [0.2, 0.25) is 0 Å². The first kappa shape index (κ1) is 31.0.